The van der Waals surface area contributed by atoms with Gasteiger partial charge in [0.25, 0.3) is 0 Å². The van der Waals surface area contributed by atoms with Crippen molar-refractivity contribution in [2.24, 2.45) is 0 Å². The van der Waals surface area contributed by atoms with Crippen molar-refractivity contribution in [2.45, 2.75) is 6.42 Å². The van der Waals surface area contributed by atoms with E-state index in [0.29, 0.717) is 6.42 Å². The molecule has 0 saturated heterocycles. The fourth-order valence-corrected chi connectivity index (χ4v) is 1.95. The maximum Gasteiger partial charge on any atom is 0.214 e. The molecule has 0 bridgehead atoms. The van der Waals surface area contributed by atoms with Crippen LogP contribution in [0, 0.1) is 0 Å². The van der Waals surface area contributed by atoms with Gasteiger partial charge in [-0.2, -0.15) is 4.49 Å². The Morgan fingerprint density at radius 2 is 2.11 bits per heavy atom. The summed E-state index contributed by atoms with van der Waals surface area (Å²) in [4.78, 5) is 0. The molecule has 0 heterocycles. The van der Waals surface area contributed by atoms with Crippen molar-refractivity contribution in [3.05, 3.63) is 0 Å². The summed E-state index contributed by atoms with van der Waals surface area (Å²) in [6.45, 7) is 0. The minimum Gasteiger partial charge on any atom is -0.212 e. The molecular weight excluding hydrogens is 225 g/mol. The topological polar surface area (TPSA) is 46.2 Å². The zero-order chi connectivity index (χ0) is 7.33. The third-order valence-corrected chi connectivity index (χ3v) is 3.55. The third kappa shape index (κ3) is 5.27. The standard InChI is InChI=1S/C3H9BrNO2PS/c4-2-1-3-9(6,7)5-8/h5H,1-3,8H2. The zero-order valence-corrected chi connectivity index (χ0v) is 8.36. The van der Waals surface area contributed by atoms with Crippen LogP contribution in [0.15, 0.2) is 0 Å². The Bertz CT molecular complexity index is 157. The second-order valence-corrected chi connectivity index (χ2v) is 4.85. The Kier molecular flexibility index (Phi) is 5.03. The molecule has 1 unspecified atom stereocenters. The summed E-state index contributed by atoms with van der Waals surface area (Å²) in [5.41, 5.74) is 0. The smallest absolute Gasteiger partial charge is 0.212 e. The van der Waals surface area contributed by atoms with Crippen molar-refractivity contribution in [1.82, 2.24) is 4.49 Å². The van der Waals surface area contributed by atoms with Gasteiger partial charge in [-0.05, 0) is 6.42 Å². The van der Waals surface area contributed by atoms with Crippen molar-refractivity contribution in [1.29, 1.82) is 0 Å². The minimum atomic E-state index is -3.00. The number of rotatable bonds is 4. The van der Waals surface area contributed by atoms with Crippen LogP contribution in [0.25, 0.3) is 0 Å². The van der Waals surface area contributed by atoms with Crippen LogP contribution in [0.2, 0.25) is 0 Å². The second kappa shape index (κ2) is 4.61. The third-order valence-electron chi connectivity index (χ3n) is 0.726. The van der Waals surface area contributed by atoms with Gasteiger partial charge in [-0.3, -0.25) is 0 Å². The highest BCUT2D eigenvalue weighted by Gasteiger charge is 2.03. The lowest BCUT2D eigenvalue weighted by Crippen LogP contribution is -2.16. The maximum atomic E-state index is 10.6. The normalized spacial score (nSPS) is 11.8. The van der Waals surface area contributed by atoms with Gasteiger partial charge in [0.15, 0.2) is 0 Å². The van der Waals surface area contributed by atoms with Crippen molar-refractivity contribution in [2.75, 3.05) is 11.1 Å². The zero-order valence-electron chi connectivity index (χ0n) is 4.80. The van der Waals surface area contributed by atoms with Crippen LogP contribution in [-0.2, 0) is 10.0 Å². The van der Waals surface area contributed by atoms with Crippen molar-refractivity contribution < 1.29 is 8.42 Å². The summed E-state index contributed by atoms with van der Waals surface area (Å²) < 4.78 is 23.4. The van der Waals surface area contributed by atoms with E-state index >= 15 is 0 Å². The molecule has 0 saturated carbocycles. The molecule has 56 valence electrons. The summed E-state index contributed by atoms with van der Waals surface area (Å²) in [6, 6.07) is 0. The molecule has 3 nitrogen and oxygen atoms in total. The van der Waals surface area contributed by atoms with E-state index in [1.165, 1.54) is 0 Å². The molecule has 6 heteroatoms. The van der Waals surface area contributed by atoms with Gasteiger partial charge in [-0.15, -0.1) is 0 Å². The average Bonchev–Trinajstić information content (AvgIpc) is 1.84. The van der Waals surface area contributed by atoms with Gasteiger partial charge >= 0.3 is 0 Å². The highest BCUT2D eigenvalue weighted by Crippen LogP contribution is 1.94. The summed E-state index contributed by atoms with van der Waals surface area (Å²) in [7, 11) is -1.03. The first-order valence-corrected chi connectivity index (χ1v) is 5.73. The van der Waals surface area contributed by atoms with Crippen LogP contribution in [0.3, 0.4) is 0 Å². The largest absolute Gasteiger partial charge is 0.214 e. The lowest BCUT2D eigenvalue weighted by Gasteiger charge is -1.97. The number of hydrogen-bond donors (Lipinski definition) is 1. The molecule has 9 heavy (non-hydrogen) atoms. The van der Waals surface area contributed by atoms with E-state index < -0.39 is 10.0 Å². The minimum absolute atomic E-state index is 0.182. The molecule has 1 N–H and O–H groups in total. The molecule has 1 atom stereocenters. The summed E-state index contributed by atoms with van der Waals surface area (Å²) >= 11 is 3.13. The van der Waals surface area contributed by atoms with E-state index in [0.717, 1.165) is 5.33 Å². The molecule has 0 amide bonds. The Morgan fingerprint density at radius 1 is 1.56 bits per heavy atom. The van der Waals surface area contributed by atoms with Gasteiger partial charge in [0.2, 0.25) is 10.0 Å². The molecule has 0 fully saturated rings. The lowest BCUT2D eigenvalue weighted by atomic mass is 10.6. The van der Waals surface area contributed by atoms with Crippen molar-refractivity contribution in [3.8, 4) is 0 Å². The number of hydrogen-bond acceptors (Lipinski definition) is 2. The first kappa shape index (κ1) is 9.82. The van der Waals surface area contributed by atoms with Crippen molar-refractivity contribution >= 4 is 35.3 Å². The lowest BCUT2D eigenvalue weighted by molar-refractivity contribution is 0.593. The van der Waals surface area contributed by atoms with E-state index in [4.69, 9.17) is 0 Å². The molecule has 0 aliphatic heterocycles. The highest BCUT2D eigenvalue weighted by atomic mass is 79.9. The highest BCUT2D eigenvalue weighted by molar-refractivity contribution is 9.09. The fraction of sp³-hybridized carbons (Fsp3) is 1.00. The van der Waals surface area contributed by atoms with Crippen LogP contribution in [0.4, 0.5) is 0 Å². The number of halogens is 1. The van der Waals surface area contributed by atoms with Gasteiger partial charge in [-0.25, -0.2) is 8.42 Å². The van der Waals surface area contributed by atoms with E-state index in [1.54, 1.807) is 0 Å². The summed E-state index contributed by atoms with van der Waals surface area (Å²) in [6.07, 6.45) is 0.643. The first-order chi connectivity index (χ1) is 4.12. The van der Waals surface area contributed by atoms with E-state index in [-0.39, 0.29) is 5.75 Å². The summed E-state index contributed by atoms with van der Waals surface area (Å²) in [5, 5.41) is 0.721. The van der Waals surface area contributed by atoms with Crippen LogP contribution in [-0.4, -0.2) is 19.5 Å². The van der Waals surface area contributed by atoms with Crippen LogP contribution in [0.1, 0.15) is 6.42 Å². The molecule has 0 aromatic carbocycles. The molecule has 0 aliphatic rings. The van der Waals surface area contributed by atoms with Crippen LogP contribution < -0.4 is 4.49 Å². The fourth-order valence-electron chi connectivity index (χ4n) is 0.303. The van der Waals surface area contributed by atoms with Crippen molar-refractivity contribution in [3.63, 3.8) is 0 Å². The molecule has 0 aromatic heterocycles. The molecule has 0 radical (unpaired) electrons. The Hall–Kier alpha value is 0.820. The molecule has 0 rings (SSSR count). The average molecular weight is 234 g/mol. The van der Waals surface area contributed by atoms with Gasteiger partial charge in [0.1, 0.15) is 0 Å². The van der Waals surface area contributed by atoms with Gasteiger partial charge in [-0.1, -0.05) is 25.3 Å². The Morgan fingerprint density at radius 3 is 2.44 bits per heavy atom. The predicted molar refractivity (Wildman–Crippen MR) is 45.0 cm³/mol. The van der Waals surface area contributed by atoms with Gasteiger partial charge in [0.05, 0.1) is 5.75 Å². The SMILES string of the molecule is O=S(=O)(CCCBr)NP. The second-order valence-electron chi connectivity index (χ2n) is 1.48. The molecule has 0 spiro atoms. The number of alkyl halides is 1. The van der Waals surface area contributed by atoms with E-state index in [2.05, 4.69) is 20.4 Å². The Balaban J connectivity index is 3.61. The number of sulfonamides is 1. The molecule has 0 aliphatic carbocycles. The monoisotopic (exact) mass is 233 g/mol. The first-order valence-electron chi connectivity index (χ1n) is 2.38. The quantitative estimate of drug-likeness (QED) is 0.568. The predicted octanol–water partition coefficient (Wildman–Crippen LogP) is 0.481. The van der Waals surface area contributed by atoms with E-state index in [9.17, 15) is 8.42 Å². The summed E-state index contributed by atoms with van der Waals surface area (Å²) in [5.74, 6) is 0.182. The Labute approximate surface area is 66.0 Å². The van der Waals surface area contributed by atoms with Crippen LogP contribution >= 0.6 is 25.3 Å². The molecular formula is C3H9BrNO2PS. The van der Waals surface area contributed by atoms with E-state index in [1.807, 2.05) is 9.39 Å². The van der Waals surface area contributed by atoms with Crippen LogP contribution in [0.5, 0.6) is 0 Å². The maximum absolute atomic E-state index is 10.6. The molecule has 0 aromatic rings. The van der Waals surface area contributed by atoms with Gasteiger partial charge in [0, 0.05) is 5.33 Å². The number of nitrogens with one attached hydrogen (secondary N) is 1. The van der Waals surface area contributed by atoms with Gasteiger partial charge < -0.3 is 0 Å².